The molecule has 0 saturated carbocycles. The Morgan fingerprint density at radius 1 is 1.40 bits per heavy atom. The molecule has 0 bridgehead atoms. The Bertz CT molecular complexity index is 80.1. The summed E-state index contributed by atoms with van der Waals surface area (Å²) in [4.78, 5) is 4.75. The molecule has 0 aliphatic heterocycles. The lowest BCUT2D eigenvalue weighted by Crippen LogP contribution is -2.02. The molecule has 0 atom stereocenters. The van der Waals surface area contributed by atoms with Gasteiger partial charge in [-0.15, -0.1) is 5.25 Å². The van der Waals surface area contributed by atoms with Gasteiger partial charge in [0, 0.05) is 0 Å². The summed E-state index contributed by atoms with van der Waals surface area (Å²) >= 11 is 0. The van der Waals surface area contributed by atoms with Crippen LogP contribution in [0.4, 0.5) is 0 Å². The highest BCUT2D eigenvalue weighted by atomic mass is 31.1. The minimum Gasteiger partial charge on any atom is -0.291 e. The summed E-state index contributed by atoms with van der Waals surface area (Å²) in [6.45, 7) is 2.81. The highest BCUT2D eigenvalue weighted by Crippen LogP contribution is 1.98. The molecule has 3 nitrogen and oxygen atoms in total. The molecule has 1 N–H and O–H groups in total. The predicted octanol–water partition coefficient (Wildman–Crippen LogP) is 2.29. The van der Waals surface area contributed by atoms with E-state index in [9.17, 15) is 4.57 Å². The van der Waals surface area contributed by atoms with Crippen molar-refractivity contribution in [2.24, 2.45) is 0 Å². The van der Waals surface area contributed by atoms with Gasteiger partial charge in [0.25, 0.3) is 8.61 Å². The minimum atomic E-state index is -0.155. The summed E-state index contributed by atoms with van der Waals surface area (Å²) < 4.78 is 9.75. The molecule has 0 aliphatic carbocycles. The first kappa shape index (κ1) is 10.0. The Kier molecular flexibility index (Phi) is 9.04. The highest BCUT2D eigenvalue weighted by molar-refractivity contribution is 7.20. The van der Waals surface area contributed by atoms with Gasteiger partial charge in [0.15, 0.2) is 0 Å². The van der Waals surface area contributed by atoms with Gasteiger partial charge in [-0.25, -0.2) is 0 Å². The Morgan fingerprint density at radius 3 is 2.80 bits per heavy atom. The third kappa shape index (κ3) is 8.02. The first-order valence-electron chi connectivity index (χ1n) is 3.61. The fourth-order valence-corrected chi connectivity index (χ4v) is 0.817. The molecule has 0 aromatic rings. The maximum atomic E-state index is 9.75. The quantitative estimate of drug-likeness (QED) is 0.355. The largest absolute Gasteiger partial charge is 0.291 e. The standard InChI is InChI=1S/C6H14NO2P/c1-2-3-4-5-6-9-7-10-8/h2-6H2,1H3,(H,7,8). The molecular weight excluding hydrogens is 149 g/mol. The molecule has 10 heavy (non-hydrogen) atoms. The van der Waals surface area contributed by atoms with Crippen LogP contribution in [0, 0.1) is 0 Å². The number of hydrogen-bond acceptors (Lipinski definition) is 2. The van der Waals surface area contributed by atoms with E-state index < -0.39 is 0 Å². The zero-order valence-corrected chi connectivity index (χ0v) is 7.19. The van der Waals surface area contributed by atoms with Gasteiger partial charge in [0.1, 0.15) is 0 Å². The van der Waals surface area contributed by atoms with Gasteiger partial charge in [-0.05, 0) is 6.42 Å². The van der Waals surface area contributed by atoms with Crippen LogP contribution in [-0.4, -0.2) is 6.61 Å². The molecule has 4 heteroatoms. The summed E-state index contributed by atoms with van der Waals surface area (Å²) in [6, 6.07) is 0. The molecular formula is C6H14NO2P. The molecule has 60 valence electrons. The first-order chi connectivity index (χ1) is 4.91. The van der Waals surface area contributed by atoms with Gasteiger partial charge in [0.2, 0.25) is 0 Å². The molecule has 0 aliphatic rings. The molecule has 0 rings (SSSR count). The second-order valence-corrected chi connectivity index (χ2v) is 2.46. The minimum absolute atomic E-state index is 0.155. The van der Waals surface area contributed by atoms with E-state index in [-0.39, 0.29) is 8.61 Å². The summed E-state index contributed by atoms with van der Waals surface area (Å²) in [5.74, 6) is 0. The second kappa shape index (κ2) is 9.02. The smallest absolute Gasteiger partial charge is 0.271 e. The summed E-state index contributed by atoms with van der Waals surface area (Å²) in [7, 11) is -0.155. The fourth-order valence-electron chi connectivity index (χ4n) is 0.673. The first-order valence-corrected chi connectivity index (χ1v) is 4.42. The third-order valence-electron chi connectivity index (χ3n) is 1.20. The second-order valence-electron chi connectivity index (χ2n) is 2.09. The summed E-state index contributed by atoms with van der Waals surface area (Å²) in [5.41, 5.74) is 0. The van der Waals surface area contributed by atoms with E-state index >= 15 is 0 Å². The van der Waals surface area contributed by atoms with E-state index in [4.69, 9.17) is 4.84 Å². The van der Waals surface area contributed by atoms with Crippen LogP contribution in [0.3, 0.4) is 0 Å². The van der Waals surface area contributed by atoms with Crippen LogP contribution in [0.25, 0.3) is 0 Å². The Labute approximate surface area is 63.4 Å². The van der Waals surface area contributed by atoms with Gasteiger partial charge >= 0.3 is 0 Å². The highest BCUT2D eigenvalue weighted by Gasteiger charge is 1.87. The SMILES string of the molecule is CCCCCCONP=O. The van der Waals surface area contributed by atoms with Crippen molar-refractivity contribution < 1.29 is 9.40 Å². The molecule has 0 heterocycles. The van der Waals surface area contributed by atoms with Crippen molar-refractivity contribution in [2.45, 2.75) is 32.6 Å². The lowest BCUT2D eigenvalue weighted by Gasteiger charge is -1.97. The molecule has 0 radical (unpaired) electrons. The van der Waals surface area contributed by atoms with Crippen LogP contribution >= 0.6 is 8.61 Å². The fraction of sp³-hybridized carbons (Fsp3) is 1.00. The van der Waals surface area contributed by atoms with Gasteiger partial charge in [-0.2, -0.15) is 0 Å². The van der Waals surface area contributed by atoms with Crippen molar-refractivity contribution in [3.63, 3.8) is 0 Å². The van der Waals surface area contributed by atoms with E-state index in [1.165, 1.54) is 19.3 Å². The summed E-state index contributed by atoms with van der Waals surface area (Å²) in [5, 5.41) is 2.24. The van der Waals surface area contributed by atoms with Crippen LogP contribution < -0.4 is 5.25 Å². The molecule has 0 fully saturated rings. The normalized spacial score (nSPS) is 10.5. The topological polar surface area (TPSA) is 38.3 Å². The average Bonchev–Trinajstić information content (AvgIpc) is 1.97. The van der Waals surface area contributed by atoms with Crippen molar-refractivity contribution in [1.29, 1.82) is 0 Å². The predicted molar refractivity (Wildman–Crippen MR) is 40.8 cm³/mol. The Hall–Kier alpha value is 0.0200. The maximum Gasteiger partial charge on any atom is 0.271 e. The van der Waals surface area contributed by atoms with Crippen molar-refractivity contribution in [1.82, 2.24) is 5.25 Å². The third-order valence-corrected chi connectivity index (χ3v) is 1.41. The van der Waals surface area contributed by atoms with Crippen molar-refractivity contribution in [3.8, 4) is 0 Å². The van der Waals surface area contributed by atoms with E-state index in [2.05, 4.69) is 12.2 Å². The Morgan fingerprint density at radius 2 is 2.20 bits per heavy atom. The van der Waals surface area contributed by atoms with Crippen molar-refractivity contribution in [2.75, 3.05) is 6.61 Å². The maximum absolute atomic E-state index is 9.75. The molecule has 0 amide bonds. The lowest BCUT2D eigenvalue weighted by molar-refractivity contribution is 0.0931. The number of unbranched alkanes of at least 4 members (excludes halogenated alkanes) is 3. The molecule has 0 saturated heterocycles. The van der Waals surface area contributed by atoms with E-state index in [1.54, 1.807) is 0 Å². The average molecular weight is 163 g/mol. The lowest BCUT2D eigenvalue weighted by atomic mass is 10.2. The summed E-state index contributed by atoms with van der Waals surface area (Å²) in [6.07, 6.45) is 4.70. The van der Waals surface area contributed by atoms with Crippen LogP contribution in [0.5, 0.6) is 0 Å². The molecule has 0 aromatic carbocycles. The zero-order chi connectivity index (χ0) is 7.66. The number of nitrogens with one attached hydrogen (secondary N) is 1. The van der Waals surface area contributed by atoms with Crippen LogP contribution in [0.1, 0.15) is 32.6 Å². The van der Waals surface area contributed by atoms with Gasteiger partial charge in [0.05, 0.1) is 6.61 Å². The van der Waals surface area contributed by atoms with Gasteiger partial charge in [-0.3, -0.25) is 9.40 Å². The number of rotatable bonds is 7. The Balaban J connectivity index is 2.70. The molecule has 0 unspecified atom stereocenters. The van der Waals surface area contributed by atoms with Crippen LogP contribution in [-0.2, 0) is 9.40 Å². The van der Waals surface area contributed by atoms with Crippen LogP contribution in [0.15, 0.2) is 0 Å². The zero-order valence-electron chi connectivity index (χ0n) is 6.30. The van der Waals surface area contributed by atoms with E-state index in [0.29, 0.717) is 6.61 Å². The van der Waals surface area contributed by atoms with E-state index in [1.807, 2.05) is 0 Å². The van der Waals surface area contributed by atoms with Gasteiger partial charge in [-0.1, -0.05) is 26.2 Å². The van der Waals surface area contributed by atoms with E-state index in [0.717, 1.165) is 6.42 Å². The van der Waals surface area contributed by atoms with Crippen molar-refractivity contribution >= 4 is 8.61 Å². The molecule has 0 aromatic heterocycles. The van der Waals surface area contributed by atoms with Crippen LogP contribution in [0.2, 0.25) is 0 Å². The van der Waals surface area contributed by atoms with Crippen molar-refractivity contribution in [3.05, 3.63) is 0 Å². The number of hydrogen-bond donors (Lipinski definition) is 1. The monoisotopic (exact) mass is 163 g/mol. The van der Waals surface area contributed by atoms with Gasteiger partial charge < -0.3 is 0 Å². The molecule has 0 spiro atoms.